The molecule has 0 fully saturated rings. The lowest BCUT2D eigenvalue weighted by atomic mass is 10.2. The molecule has 0 atom stereocenters. The van der Waals surface area contributed by atoms with Crippen LogP contribution in [0.15, 0.2) is 76.3 Å². The number of benzene rings is 3. The Bertz CT molecular complexity index is 1140. The van der Waals surface area contributed by atoms with Gasteiger partial charge in [-0.05, 0) is 72.6 Å². The minimum atomic E-state index is -0.887. The molecule has 3 rings (SSSR count). The van der Waals surface area contributed by atoms with E-state index in [1.807, 2.05) is 19.1 Å². The normalized spacial score (nSPS) is 10.6. The number of carbonyl (C=O) groups excluding carboxylic acids is 2. The number of hydrogen-bond donors (Lipinski definition) is 2. The smallest absolute Gasteiger partial charge is 0.329 e. The number of anilines is 1. The van der Waals surface area contributed by atoms with Crippen molar-refractivity contribution in [2.75, 3.05) is 11.9 Å². The van der Waals surface area contributed by atoms with Crippen molar-refractivity contribution in [3.8, 4) is 11.5 Å². The van der Waals surface area contributed by atoms with Crippen LogP contribution in [0.2, 0.25) is 5.02 Å². The van der Waals surface area contributed by atoms with Crippen molar-refractivity contribution in [3.63, 3.8) is 0 Å². The number of hydrazone groups is 1. The van der Waals surface area contributed by atoms with Gasteiger partial charge < -0.3 is 14.8 Å². The molecule has 3 aromatic rings. The number of nitrogens with zero attached hydrogens (tertiary/aromatic N) is 1. The fraction of sp³-hybridized carbons (Fsp3) is 0.125. The zero-order chi connectivity index (χ0) is 23.6. The average molecular weight is 531 g/mol. The van der Waals surface area contributed by atoms with Crippen LogP contribution in [-0.4, -0.2) is 24.6 Å². The van der Waals surface area contributed by atoms with Gasteiger partial charge in [0, 0.05) is 15.2 Å². The second kappa shape index (κ2) is 12.0. The molecule has 0 radical (unpaired) electrons. The predicted octanol–water partition coefficient (Wildman–Crippen LogP) is 5.17. The molecule has 0 saturated heterocycles. The minimum absolute atomic E-state index is 0.355. The van der Waals surface area contributed by atoms with Gasteiger partial charge in [0.2, 0.25) is 0 Å². The zero-order valence-electron chi connectivity index (χ0n) is 17.7. The lowest BCUT2D eigenvalue weighted by Gasteiger charge is -2.12. The maximum absolute atomic E-state index is 12.0. The standard InChI is InChI=1S/C24H21BrClN3O4/c1-2-32-22-13-17(5-12-21(22)33-15-16-3-8-19(26)9-4-16)14-27-29-24(31)23(30)28-20-10-6-18(25)7-11-20/h3-14H,2,15H2,1H3,(H,28,30)(H,29,31)/b27-14+. The Morgan fingerprint density at radius 3 is 2.39 bits per heavy atom. The fourth-order valence-corrected chi connectivity index (χ4v) is 3.06. The number of hydrogen-bond acceptors (Lipinski definition) is 5. The van der Waals surface area contributed by atoms with Crippen LogP contribution in [0.3, 0.4) is 0 Å². The molecule has 0 spiro atoms. The minimum Gasteiger partial charge on any atom is -0.490 e. The Morgan fingerprint density at radius 2 is 1.70 bits per heavy atom. The van der Waals surface area contributed by atoms with Crippen molar-refractivity contribution in [3.05, 3.63) is 87.4 Å². The van der Waals surface area contributed by atoms with Gasteiger partial charge in [-0.15, -0.1) is 0 Å². The Labute approximate surface area is 204 Å². The van der Waals surface area contributed by atoms with E-state index in [-0.39, 0.29) is 0 Å². The lowest BCUT2D eigenvalue weighted by molar-refractivity contribution is -0.136. The van der Waals surface area contributed by atoms with E-state index in [0.717, 1.165) is 10.0 Å². The van der Waals surface area contributed by atoms with Crippen molar-refractivity contribution >= 4 is 51.2 Å². The fourth-order valence-electron chi connectivity index (χ4n) is 2.67. The van der Waals surface area contributed by atoms with Crippen molar-refractivity contribution in [1.29, 1.82) is 0 Å². The van der Waals surface area contributed by atoms with Gasteiger partial charge >= 0.3 is 11.8 Å². The second-order valence-corrected chi connectivity index (χ2v) is 8.07. The molecule has 0 aliphatic rings. The van der Waals surface area contributed by atoms with Crippen LogP contribution in [0.5, 0.6) is 11.5 Å². The first-order valence-corrected chi connectivity index (χ1v) is 11.2. The Hall–Kier alpha value is -3.36. The molecular formula is C24H21BrClN3O4. The van der Waals surface area contributed by atoms with E-state index in [4.69, 9.17) is 21.1 Å². The number of carbonyl (C=O) groups is 2. The Balaban J connectivity index is 1.58. The molecule has 3 aromatic carbocycles. The van der Waals surface area contributed by atoms with Crippen LogP contribution >= 0.6 is 27.5 Å². The van der Waals surface area contributed by atoms with Gasteiger partial charge in [0.1, 0.15) is 6.61 Å². The van der Waals surface area contributed by atoms with Gasteiger partial charge in [0.05, 0.1) is 12.8 Å². The Kier molecular flexibility index (Phi) is 8.86. The van der Waals surface area contributed by atoms with E-state index in [2.05, 4.69) is 31.8 Å². The predicted molar refractivity (Wildman–Crippen MR) is 132 cm³/mol. The molecule has 2 amide bonds. The summed E-state index contributed by atoms with van der Waals surface area (Å²) in [6.45, 7) is 2.67. The van der Waals surface area contributed by atoms with Crippen LogP contribution in [0, 0.1) is 0 Å². The number of nitrogens with one attached hydrogen (secondary N) is 2. The van der Waals surface area contributed by atoms with Crippen LogP contribution in [0.25, 0.3) is 0 Å². The van der Waals surface area contributed by atoms with Gasteiger partial charge in [-0.3, -0.25) is 9.59 Å². The van der Waals surface area contributed by atoms with Crippen LogP contribution in [-0.2, 0) is 16.2 Å². The molecule has 9 heteroatoms. The molecule has 0 aromatic heterocycles. The van der Waals surface area contributed by atoms with Crippen molar-refractivity contribution in [2.45, 2.75) is 13.5 Å². The summed E-state index contributed by atoms with van der Waals surface area (Å²) in [5.74, 6) is -0.603. The molecule has 0 saturated carbocycles. The monoisotopic (exact) mass is 529 g/mol. The van der Waals surface area contributed by atoms with E-state index in [1.54, 1.807) is 54.6 Å². The summed E-state index contributed by atoms with van der Waals surface area (Å²) in [5, 5.41) is 7.00. The van der Waals surface area contributed by atoms with Crippen molar-refractivity contribution < 1.29 is 19.1 Å². The summed E-state index contributed by atoms with van der Waals surface area (Å²) in [6, 6.07) is 19.5. The van der Waals surface area contributed by atoms with E-state index in [0.29, 0.717) is 41.0 Å². The quantitative estimate of drug-likeness (QED) is 0.239. The number of halogens is 2. The number of amides is 2. The average Bonchev–Trinajstić information content (AvgIpc) is 2.81. The molecule has 7 nitrogen and oxygen atoms in total. The molecule has 0 heterocycles. The van der Waals surface area contributed by atoms with Gasteiger partial charge in [-0.25, -0.2) is 5.43 Å². The van der Waals surface area contributed by atoms with Crippen molar-refractivity contribution in [1.82, 2.24) is 5.43 Å². The summed E-state index contributed by atoms with van der Waals surface area (Å²) >= 11 is 9.22. The van der Waals surface area contributed by atoms with Crippen LogP contribution < -0.4 is 20.2 Å². The molecule has 0 bridgehead atoms. The summed E-state index contributed by atoms with van der Waals surface area (Å²) in [6.07, 6.45) is 1.41. The third-order valence-corrected chi connectivity index (χ3v) is 5.04. The van der Waals surface area contributed by atoms with Crippen LogP contribution in [0.1, 0.15) is 18.1 Å². The third-order valence-electron chi connectivity index (χ3n) is 4.26. The maximum atomic E-state index is 12.0. The molecule has 0 aliphatic heterocycles. The van der Waals surface area contributed by atoms with E-state index in [1.165, 1.54) is 6.21 Å². The summed E-state index contributed by atoms with van der Waals surface area (Å²) in [4.78, 5) is 23.9. The first-order chi connectivity index (χ1) is 15.9. The molecular weight excluding hydrogens is 510 g/mol. The lowest BCUT2D eigenvalue weighted by Crippen LogP contribution is -2.32. The van der Waals surface area contributed by atoms with Gasteiger partial charge in [-0.2, -0.15) is 5.10 Å². The molecule has 2 N–H and O–H groups in total. The number of rotatable bonds is 8. The maximum Gasteiger partial charge on any atom is 0.329 e. The second-order valence-electron chi connectivity index (χ2n) is 6.71. The van der Waals surface area contributed by atoms with Crippen molar-refractivity contribution in [2.24, 2.45) is 5.10 Å². The summed E-state index contributed by atoms with van der Waals surface area (Å²) in [7, 11) is 0. The molecule has 0 aliphatic carbocycles. The first-order valence-electron chi connectivity index (χ1n) is 9.98. The topological polar surface area (TPSA) is 89.0 Å². The third kappa shape index (κ3) is 7.62. The van der Waals surface area contributed by atoms with E-state index < -0.39 is 11.8 Å². The van der Waals surface area contributed by atoms with Gasteiger partial charge in [0.25, 0.3) is 0 Å². The highest BCUT2D eigenvalue weighted by Gasteiger charge is 2.13. The highest BCUT2D eigenvalue weighted by molar-refractivity contribution is 9.10. The Morgan fingerprint density at radius 1 is 0.970 bits per heavy atom. The highest BCUT2D eigenvalue weighted by atomic mass is 79.9. The van der Waals surface area contributed by atoms with Gasteiger partial charge in [-0.1, -0.05) is 39.7 Å². The molecule has 0 unspecified atom stereocenters. The number of ether oxygens (including phenoxy) is 2. The van der Waals surface area contributed by atoms with Gasteiger partial charge in [0.15, 0.2) is 11.5 Å². The molecule has 170 valence electrons. The van der Waals surface area contributed by atoms with E-state index in [9.17, 15) is 9.59 Å². The van der Waals surface area contributed by atoms with E-state index >= 15 is 0 Å². The summed E-state index contributed by atoms with van der Waals surface area (Å²) in [5.41, 5.74) is 4.33. The SMILES string of the molecule is CCOc1cc(/C=N/NC(=O)C(=O)Nc2ccc(Br)cc2)ccc1OCc1ccc(Cl)cc1. The largest absolute Gasteiger partial charge is 0.490 e. The van der Waals surface area contributed by atoms with Crippen LogP contribution in [0.4, 0.5) is 5.69 Å². The summed E-state index contributed by atoms with van der Waals surface area (Å²) < 4.78 is 12.4. The first kappa shape index (κ1) is 24.3. The highest BCUT2D eigenvalue weighted by Crippen LogP contribution is 2.29. The molecule has 33 heavy (non-hydrogen) atoms. The zero-order valence-corrected chi connectivity index (χ0v) is 20.0.